The van der Waals surface area contributed by atoms with Crippen molar-refractivity contribution in [2.45, 2.75) is 51.1 Å². The van der Waals surface area contributed by atoms with Crippen molar-refractivity contribution in [2.75, 3.05) is 22.3 Å². The fourth-order valence-corrected chi connectivity index (χ4v) is 4.96. The normalized spacial score (nSPS) is 19.2. The average molecular weight is 429 g/mol. The Bertz CT molecular complexity index is 1160. The third-order valence-electron chi connectivity index (χ3n) is 6.60. The molecule has 3 aromatic rings. The number of anilines is 3. The van der Waals surface area contributed by atoms with Crippen LogP contribution in [0.25, 0.3) is 10.8 Å². The molecule has 2 aromatic carbocycles. The second-order valence-electron chi connectivity index (χ2n) is 8.51. The Balaban J connectivity index is 1.45. The highest BCUT2D eigenvalue weighted by atomic mass is 16.2. The summed E-state index contributed by atoms with van der Waals surface area (Å²) in [4.78, 5) is 26.2. The molecule has 1 atom stereocenters. The molecule has 164 valence electrons. The number of carbonyl (C=O) groups is 1. The number of hydrogen-bond donors (Lipinski definition) is 1. The molecule has 1 fully saturated rings. The van der Waals surface area contributed by atoms with Crippen molar-refractivity contribution >= 4 is 40.3 Å². The number of aromatic nitrogens is 2. The summed E-state index contributed by atoms with van der Waals surface area (Å²) in [5, 5.41) is 6.72. The zero-order valence-electron chi connectivity index (χ0n) is 18.5. The lowest BCUT2D eigenvalue weighted by molar-refractivity contribution is -0.120. The predicted octanol–water partition coefficient (Wildman–Crippen LogP) is 4.58. The Labute approximate surface area is 188 Å². The van der Waals surface area contributed by atoms with Gasteiger partial charge in [0.05, 0.1) is 12.4 Å². The van der Waals surface area contributed by atoms with Gasteiger partial charge in [0.15, 0.2) is 5.82 Å². The van der Waals surface area contributed by atoms with Gasteiger partial charge in [-0.2, -0.15) is 10.1 Å². The number of rotatable bonds is 5. The average Bonchev–Trinajstić information content (AvgIpc) is 3.36. The zero-order valence-corrected chi connectivity index (χ0v) is 18.5. The number of fused-ring (bicyclic) bond motifs is 2. The monoisotopic (exact) mass is 428 g/mol. The summed E-state index contributed by atoms with van der Waals surface area (Å²) >= 11 is 0. The quantitative estimate of drug-likeness (QED) is 0.476. The molecule has 1 N–H and O–H groups in total. The number of nitrogens with one attached hydrogen (secondary N) is 1. The first-order valence-electron chi connectivity index (χ1n) is 11.4. The van der Waals surface area contributed by atoms with E-state index in [2.05, 4.69) is 45.5 Å². The Morgan fingerprint density at radius 1 is 1.16 bits per heavy atom. The van der Waals surface area contributed by atoms with E-state index in [1.807, 2.05) is 31.3 Å². The summed E-state index contributed by atoms with van der Waals surface area (Å²) in [6.45, 7) is 2.07. The standard InChI is InChI=1S/C25H28N6O/c1-3-21-24(32)30(2)22-16-26-25(28-23(22)31(21)19-12-5-6-13-19)29-27-15-18-11-8-10-17-9-4-7-14-20(17)18/h4,7-11,14-16,19,21H,3,5-6,12-13H2,1-2H3,(H,26,28,29). The first-order valence-corrected chi connectivity index (χ1v) is 11.4. The van der Waals surface area contributed by atoms with Crippen LogP contribution in [0.2, 0.25) is 0 Å². The van der Waals surface area contributed by atoms with Gasteiger partial charge in [-0.1, -0.05) is 62.2 Å². The number of benzene rings is 2. The number of nitrogens with zero attached hydrogens (tertiary/aromatic N) is 5. The second kappa shape index (κ2) is 8.57. The van der Waals surface area contributed by atoms with Gasteiger partial charge in [-0.05, 0) is 30.0 Å². The van der Waals surface area contributed by atoms with Crippen molar-refractivity contribution in [1.82, 2.24) is 9.97 Å². The fraction of sp³-hybridized carbons (Fsp3) is 0.360. The third kappa shape index (κ3) is 3.57. The lowest BCUT2D eigenvalue weighted by atomic mass is 10.0. The highest BCUT2D eigenvalue weighted by Gasteiger charge is 2.41. The van der Waals surface area contributed by atoms with Crippen molar-refractivity contribution < 1.29 is 4.79 Å². The number of carbonyl (C=O) groups excluding carboxylic acids is 1. The summed E-state index contributed by atoms with van der Waals surface area (Å²) in [6, 6.07) is 14.5. The minimum Gasteiger partial charge on any atom is -0.340 e. The van der Waals surface area contributed by atoms with Crippen LogP contribution in [0.1, 0.15) is 44.6 Å². The SMILES string of the molecule is CCC1C(=O)N(C)c2cnc(NN=Cc3cccc4ccccc34)nc2N1C1CCCC1. The lowest BCUT2D eigenvalue weighted by Crippen LogP contribution is -2.55. The van der Waals surface area contributed by atoms with Crippen LogP contribution in [-0.2, 0) is 4.79 Å². The molecular formula is C25H28N6O. The summed E-state index contributed by atoms with van der Waals surface area (Å²) < 4.78 is 0. The molecule has 5 rings (SSSR count). The molecule has 1 unspecified atom stereocenters. The molecule has 7 nitrogen and oxygen atoms in total. The van der Waals surface area contributed by atoms with Gasteiger partial charge in [-0.15, -0.1) is 0 Å². The van der Waals surface area contributed by atoms with Crippen molar-refractivity contribution in [3.8, 4) is 0 Å². The molecule has 0 bridgehead atoms. The van der Waals surface area contributed by atoms with Crippen LogP contribution >= 0.6 is 0 Å². The summed E-state index contributed by atoms with van der Waals surface area (Å²) in [6.07, 6.45) is 8.86. The van der Waals surface area contributed by atoms with Crippen molar-refractivity contribution in [2.24, 2.45) is 5.10 Å². The van der Waals surface area contributed by atoms with Gasteiger partial charge in [0, 0.05) is 18.7 Å². The Morgan fingerprint density at radius 3 is 2.75 bits per heavy atom. The number of amides is 1. The van der Waals surface area contributed by atoms with E-state index in [4.69, 9.17) is 4.98 Å². The first-order chi connectivity index (χ1) is 15.7. The van der Waals surface area contributed by atoms with Gasteiger partial charge in [0.25, 0.3) is 0 Å². The molecule has 1 aliphatic carbocycles. The van der Waals surface area contributed by atoms with Crippen LogP contribution < -0.4 is 15.2 Å². The van der Waals surface area contributed by atoms with Crippen LogP contribution in [0.15, 0.2) is 53.8 Å². The number of hydrogen-bond acceptors (Lipinski definition) is 6. The van der Waals surface area contributed by atoms with Crippen LogP contribution in [0.3, 0.4) is 0 Å². The van der Waals surface area contributed by atoms with E-state index in [0.29, 0.717) is 12.0 Å². The predicted molar refractivity (Wildman–Crippen MR) is 129 cm³/mol. The van der Waals surface area contributed by atoms with Crippen LogP contribution in [0.5, 0.6) is 0 Å². The van der Waals surface area contributed by atoms with E-state index in [0.717, 1.165) is 41.7 Å². The number of likely N-dealkylation sites (N-methyl/N-ethyl adjacent to an activating group) is 1. The molecule has 2 heterocycles. The second-order valence-corrected chi connectivity index (χ2v) is 8.51. The molecule has 1 aromatic heterocycles. The summed E-state index contributed by atoms with van der Waals surface area (Å²) in [7, 11) is 1.81. The first kappa shape index (κ1) is 20.4. The van der Waals surface area contributed by atoms with Crippen LogP contribution in [-0.4, -0.2) is 41.2 Å². The molecule has 7 heteroatoms. The fourth-order valence-electron chi connectivity index (χ4n) is 4.96. The van der Waals surface area contributed by atoms with E-state index in [1.165, 1.54) is 18.2 Å². The van der Waals surface area contributed by atoms with E-state index in [-0.39, 0.29) is 11.9 Å². The zero-order chi connectivity index (χ0) is 22.1. The van der Waals surface area contributed by atoms with Crippen molar-refractivity contribution in [3.05, 3.63) is 54.2 Å². The highest BCUT2D eigenvalue weighted by Crippen LogP contribution is 2.39. The largest absolute Gasteiger partial charge is 0.340 e. The molecule has 2 aliphatic rings. The van der Waals surface area contributed by atoms with Gasteiger partial charge in [-0.3, -0.25) is 4.79 Å². The van der Waals surface area contributed by atoms with Gasteiger partial charge in [0.2, 0.25) is 11.9 Å². The summed E-state index contributed by atoms with van der Waals surface area (Å²) in [5.74, 6) is 1.37. The third-order valence-corrected chi connectivity index (χ3v) is 6.60. The molecule has 1 amide bonds. The maximum atomic E-state index is 13.0. The Kier molecular flexibility index (Phi) is 5.47. The van der Waals surface area contributed by atoms with E-state index in [1.54, 1.807) is 17.3 Å². The van der Waals surface area contributed by atoms with Gasteiger partial charge >= 0.3 is 0 Å². The minimum atomic E-state index is -0.183. The highest BCUT2D eigenvalue weighted by molar-refractivity contribution is 6.04. The molecule has 0 spiro atoms. The molecular weight excluding hydrogens is 400 g/mol. The van der Waals surface area contributed by atoms with Crippen LogP contribution in [0.4, 0.5) is 17.5 Å². The molecule has 32 heavy (non-hydrogen) atoms. The lowest BCUT2D eigenvalue weighted by Gasteiger charge is -2.43. The van der Waals surface area contributed by atoms with Gasteiger partial charge < -0.3 is 9.80 Å². The molecule has 1 aliphatic heterocycles. The summed E-state index contributed by atoms with van der Waals surface area (Å²) in [5.41, 5.74) is 4.78. The van der Waals surface area contributed by atoms with E-state index >= 15 is 0 Å². The smallest absolute Gasteiger partial charge is 0.249 e. The molecule has 1 saturated carbocycles. The molecule has 0 radical (unpaired) electrons. The van der Waals surface area contributed by atoms with E-state index in [9.17, 15) is 4.79 Å². The molecule has 0 saturated heterocycles. The maximum Gasteiger partial charge on any atom is 0.249 e. The van der Waals surface area contributed by atoms with Crippen molar-refractivity contribution in [1.29, 1.82) is 0 Å². The van der Waals surface area contributed by atoms with Gasteiger partial charge in [-0.25, -0.2) is 10.4 Å². The maximum absolute atomic E-state index is 13.0. The Morgan fingerprint density at radius 2 is 1.94 bits per heavy atom. The number of hydrazone groups is 1. The minimum absolute atomic E-state index is 0.116. The topological polar surface area (TPSA) is 73.7 Å². The van der Waals surface area contributed by atoms with E-state index < -0.39 is 0 Å². The van der Waals surface area contributed by atoms with Crippen LogP contribution in [0, 0.1) is 0 Å². The van der Waals surface area contributed by atoms with Crippen molar-refractivity contribution in [3.63, 3.8) is 0 Å². The Hall–Kier alpha value is -3.48. The van der Waals surface area contributed by atoms with Gasteiger partial charge in [0.1, 0.15) is 11.7 Å².